The van der Waals surface area contributed by atoms with Gasteiger partial charge in [0.25, 0.3) is 0 Å². The number of phenols is 1. The van der Waals surface area contributed by atoms with E-state index in [1.165, 1.54) is 18.2 Å². The summed E-state index contributed by atoms with van der Waals surface area (Å²) in [5.74, 6) is -1.11. The molecule has 0 aromatic heterocycles. The number of hydrogen-bond acceptors (Lipinski definition) is 9. The topological polar surface area (TPSA) is 149 Å². The van der Waals surface area contributed by atoms with Crippen LogP contribution in [-0.4, -0.2) is 58.0 Å². The predicted molar refractivity (Wildman–Crippen MR) is 142 cm³/mol. The fourth-order valence-corrected chi connectivity index (χ4v) is 8.72. The zero-order chi connectivity index (χ0) is 27.9. The van der Waals surface area contributed by atoms with Gasteiger partial charge in [0.15, 0.2) is 23.8 Å². The molecular weight excluding hydrogens is 500 g/mol. The molecule has 0 amide bonds. The average Bonchev–Trinajstić information content (AvgIpc) is 3.34. The fourth-order valence-electron chi connectivity index (χ4n) is 8.72. The molecule has 0 saturated heterocycles. The maximum absolute atomic E-state index is 14.0. The molecule has 9 heteroatoms. The van der Waals surface area contributed by atoms with Crippen molar-refractivity contribution in [2.45, 2.75) is 64.2 Å². The number of nitrogens with two attached hydrogens (primary N) is 1. The number of ether oxygens (including phenoxy) is 2. The van der Waals surface area contributed by atoms with Gasteiger partial charge in [-0.15, -0.1) is 0 Å². The number of ketones is 2. The Kier molecular flexibility index (Phi) is 5.63. The number of benzene rings is 1. The molecular formula is C30H34N2O7. The van der Waals surface area contributed by atoms with Crippen molar-refractivity contribution in [3.05, 3.63) is 47.6 Å². The number of aliphatic hydroxyl groups excluding tert-OH is 1. The summed E-state index contributed by atoms with van der Waals surface area (Å²) in [5.41, 5.74) is 4.50. The molecule has 1 aromatic carbocycles. The highest BCUT2D eigenvalue weighted by atomic mass is 16.5. The smallest absolute Gasteiger partial charge is 0.342 e. The third kappa shape index (κ3) is 3.48. The third-order valence-corrected chi connectivity index (χ3v) is 10.3. The molecule has 9 nitrogen and oxygen atoms in total. The van der Waals surface area contributed by atoms with E-state index in [9.17, 15) is 24.6 Å². The highest BCUT2D eigenvalue weighted by molar-refractivity contribution is 6.01. The van der Waals surface area contributed by atoms with Crippen molar-refractivity contribution in [2.75, 3.05) is 12.3 Å². The van der Waals surface area contributed by atoms with Crippen molar-refractivity contribution >= 4 is 29.1 Å². The number of aliphatic hydroxyl groups is 1. The molecule has 3 saturated carbocycles. The van der Waals surface area contributed by atoms with Gasteiger partial charge >= 0.3 is 5.97 Å². The summed E-state index contributed by atoms with van der Waals surface area (Å²) in [5, 5.41) is 21.8. The van der Waals surface area contributed by atoms with Crippen LogP contribution >= 0.6 is 0 Å². The molecule has 206 valence electrons. The SMILES string of the molecule is CC1=N[C@]2(C(=O)COC(=O)c3cc(N)ccc3O)[C@@H](CC3[C@@H]4CCC5=CC(=O)C=C[C@]5(C)[C@H]4[C@@H](O)C[C@@]32C)O1. The number of aliphatic imine (C=N–C) groups is 1. The summed E-state index contributed by atoms with van der Waals surface area (Å²) < 4.78 is 11.5. The van der Waals surface area contributed by atoms with Crippen LogP contribution in [0.3, 0.4) is 0 Å². The minimum Gasteiger partial charge on any atom is -0.507 e. The second-order valence-corrected chi connectivity index (χ2v) is 12.2. The van der Waals surface area contributed by atoms with Crippen LogP contribution in [0.1, 0.15) is 56.8 Å². The number of hydrogen-bond donors (Lipinski definition) is 3. The second kappa shape index (κ2) is 8.52. The van der Waals surface area contributed by atoms with Crippen molar-refractivity contribution < 1.29 is 34.1 Å². The number of anilines is 1. The normalized spacial score (nSPS) is 39.9. The van der Waals surface area contributed by atoms with E-state index < -0.39 is 41.2 Å². The molecule has 39 heavy (non-hydrogen) atoms. The first-order valence-corrected chi connectivity index (χ1v) is 13.5. The Morgan fingerprint density at radius 1 is 1.28 bits per heavy atom. The molecule has 6 rings (SSSR count). The van der Waals surface area contributed by atoms with Crippen LogP contribution in [0.15, 0.2) is 47.0 Å². The van der Waals surface area contributed by atoms with Gasteiger partial charge in [-0.1, -0.05) is 25.5 Å². The molecule has 1 aliphatic heterocycles. The van der Waals surface area contributed by atoms with E-state index in [1.54, 1.807) is 19.1 Å². The number of nitrogen functional groups attached to an aromatic ring is 1. The van der Waals surface area contributed by atoms with Crippen molar-refractivity contribution in [1.82, 2.24) is 0 Å². The maximum atomic E-state index is 14.0. The molecule has 1 aromatic rings. The molecule has 0 radical (unpaired) electrons. The maximum Gasteiger partial charge on any atom is 0.342 e. The van der Waals surface area contributed by atoms with Gasteiger partial charge in [0.05, 0.1) is 6.10 Å². The first-order valence-electron chi connectivity index (χ1n) is 13.5. The number of aromatic hydroxyl groups is 1. The summed E-state index contributed by atoms with van der Waals surface area (Å²) in [6, 6.07) is 4.06. The summed E-state index contributed by atoms with van der Waals surface area (Å²) in [7, 11) is 0. The van der Waals surface area contributed by atoms with Crippen LogP contribution in [0.4, 0.5) is 5.69 Å². The van der Waals surface area contributed by atoms with E-state index in [4.69, 9.17) is 20.2 Å². The fraction of sp³-hybridized carbons (Fsp3) is 0.533. The minimum atomic E-state index is -1.30. The Balaban J connectivity index is 1.32. The predicted octanol–water partition coefficient (Wildman–Crippen LogP) is 3.14. The number of esters is 1. The molecule has 1 unspecified atom stereocenters. The number of nitrogens with zero attached hydrogens (tertiary/aromatic N) is 1. The number of fused-ring (bicyclic) bond motifs is 7. The van der Waals surface area contributed by atoms with E-state index in [0.717, 1.165) is 18.4 Å². The molecule has 0 spiro atoms. The molecule has 5 aliphatic rings. The van der Waals surface area contributed by atoms with E-state index >= 15 is 0 Å². The van der Waals surface area contributed by atoms with Crippen LogP contribution in [0.25, 0.3) is 0 Å². The molecule has 0 bridgehead atoms. The van der Waals surface area contributed by atoms with Crippen molar-refractivity contribution in [3.8, 4) is 5.75 Å². The number of carbonyl (C=O) groups is 3. The first-order chi connectivity index (χ1) is 18.4. The number of allylic oxidation sites excluding steroid dienone is 4. The van der Waals surface area contributed by atoms with Gasteiger partial charge in [0, 0.05) is 29.4 Å². The van der Waals surface area contributed by atoms with Gasteiger partial charge < -0.3 is 25.4 Å². The Hall–Kier alpha value is -3.46. The highest BCUT2D eigenvalue weighted by Crippen LogP contribution is 2.69. The van der Waals surface area contributed by atoms with Crippen molar-refractivity contribution in [1.29, 1.82) is 0 Å². The molecule has 4 N–H and O–H groups in total. The van der Waals surface area contributed by atoms with E-state index in [0.29, 0.717) is 18.7 Å². The largest absolute Gasteiger partial charge is 0.507 e. The quantitative estimate of drug-likeness (QED) is 0.303. The summed E-state index contributed by atoms with van der Waals surface area (Å²) in [6.07, 6.45) is 6.49. The van der Waals surface area contributed by atoms with E-state index in [2.05, 4.69) is 6.92 Å². The second-order valence-electron chi connectivity index (χ2n) is 12.2. The summed E-state index contributed by atoms with van der Waals surface area (Å²) >= 11 is 0. The lowest BCUT2D eigenvalue weighted by molar-refractivity contribution is -0.146. The Morgan fingerprint density at radius 3 is 2.82 bits per heavy atom. The standard InChI is InChI=1S/C30H34N2O7/c1-15-32-30(24(36)14-38-27(37)20-11-17(31)5-7-22(20)34)25(39-15)12-21-19-6-4-16-10-18(33)8-9-28(16,2)26(19)23(35)13-29(21,30)3/h5,7-11,19,21,23,25-26,34-35H,4,6,12-14,31H2,1-3H3/t19-,21?,23-,25+,26+,28-,29-,30+/m0/s1. The Morgan fingerprint density at radius 2 is 2.05 bits per heavy atom. The Labute approximate surface area is 226 Å². The third-order valence-electron chi connectivity index (χ3n) is 10.3. The number of phenolic OH excluding ortho intramolecular Hbond substituents is 1. The van der Waals surface area contributed by atoms with Crippen molar-refractivity contribution in [2.24, 2.45) is 33.6 Å². The lowest BCUT2D eigenvalue weighted by atomic mass is 9.46. The van der Waals surface area contributed by atoms with E-state index in [1.807, 2.05) is 13.0 Å². The lowest BCUT2D eigenvalue weighted by Crippen LogP contribution is -2.62. The van der Waals surface area contributed by atoms with Gasteiger partial charge in [-0.05, 0) is 67.9 Å². The van der Waals surface area contributed by atoms with Gasteiger partial charge in [0.2, 0.25) is 5.78 Å². The number of carbonyl (C=O) groups excluding carboxylic acids is 3. The van der Waals surface area contributed by atoms with Crippen LogP contribution < -0.4 is 5.73 Å². The van der Waals surface area contributed by atoms with Gasteiger partial charge in [-0.2, -0.15) is 0 Å². The monoisotopic (exact) mass is 534 g/mol. The molecule has 1 heterocycles. The van der Waals surface area contributed by atoms with Crippen molar-refractivity contribution in [3.63, 3.8) is 0 Å². The van der Waals surface area contributed by atoms with Crippen LogP contribution in [0, 0.1) is 28.6 Å². The molecule has 4 aliphatic carbocycles. The van der Waals surface area contributed by atoms with Crippen LogP contribution in [0.5, 0.6) is 5.75 Å². The lowest BCUT2D eigenvalue weighted by Gasteiger charge is -2.59. The zero-order valence-corrected chi connectivity index (χ0v) is 22.3. The van der Waals surface area contributed by atoms with Gasteiger partial charge in [-0.25, -0.2) is 9.79 Å². The minimum absolute atomic E-state index is 0.0183. The van der Waals surface area contributed by atoms with E-state index in [-0.39, 0.29) is 46.3 Å². The number of rotatable bonds is 4. The van der Waals surface area contributed by atoms with Crippen LogP contribution in [0.2, 0.25) is 0 Å². The Bertz CT molecular complexity index is 1380. The molecule has 3 fully saturated rings. The highest BCUT2D eigenvalue weighted by Gasteiger charge is 2.74. The molecule has 8 atom stereocenters. The summed E-state index contributed by atoms with van der Waals surface area (Å²) in [6.45, 7) is 5.28. The first kappa shape index (κ1) is 25.8. The average molecular weight is 535 g/mol. The zero-order valence-electron chi connectivity index (χ0n) is 22.3. The van der Waals surface area contributed by atoms with Gasteiger partial charge in [-0.3, -0.25) is 9.59 Å². The van der Waals surface area contributed by atoms with Gasteiger partial charge in [0.1, 0.15) is 17.4 Å². The number of Topliss-reactive ketones (excluding diaryl/α,β-unsaturated/α-hetero) is 1. The van der Waals surface area contributed by atoms with Crippen LogP contribution in [-0.2, 0) is 19.1 Å². The summed E-state index contributed by atoms with van der Waals surface area (Å²) in [4.78, 5) is 43.7.